The first-order chi connectivity index (χ1) is 12.8. The maximum absolute atomic E-state index is 9.49. The number of benzene rings is 3. The minimum absolute atomic E-state index is 0.0597. The Balaban J connectivity index is 2.21. The summed E-state index contributed by atoms with van der Waals surface area (Å²) in [6.07, 6.45) is 0. The lowest BCUT2D eigenvalue weighted by atomic mass is 9.80. The molecule has 0 radical (unpaired) electrons. The van der Waals surface area contributed by atoms with Crippen molar-refractivity contribution < 1.29 is 16.9 Å². The first-order valence-electron chi connectivity index (χ1n) is 9.29. The number of fused-ring (bicyclic) bond motifs is 3. The van der Waals surface area contributed by atoms with Crippen LogP contribution in [0.3, 0.4) is 0 Å². The van der Waals surface area contributed by atoms with Crippen molar-refractivity contribution in [3.8, 4) is 5.69 Å². The van der Waals surface area contributed by atoms with Crippen LogP contribution in [0.4, 0.5) is 0 Å². The Morgan fingerprint density at radius 2 is 1.59 bits per heavy atom. The average molecular weight is 292 g/mol. The van der Waals surface area contributed by atoms with Crippen LogP contribution in [0.15, 0.2) is 72.7 Å². The summed E-state index contributed by atoms with van der Waals surface area (Å²) in [5.41, 5.74) is 1.64. The van der Waals surface area contributed by atoms with Gasteiger partial charge in [-0.15, -0.1) is 0 Å². The molecule has 106 valence electrons. The van der Waals surface area contributed by atoms with Gasteiger partial charge in [0.25, 0.3) is 0 Å². The number of hydrogen-bond donors (Lipinski definition) is 2. The Morgan fingerprint density at radius 3 is 2.36 bits per heavy atom. The molecule has 4 rings (SSSR count). The summed E-state index contributed by atoms with van der Waals surface area (Å²) in [4.78, 5) is 0. The van der Waals surface area contributed by atoms with E-state index in [-0.39, 0.29) is 17.8 Å². The van der Waals surface area contributed by atoms with Gasteiger partial charge in [0, 0.05) is 16.5 Å². The lowest BCUT2D eigenvalue weighted by Gasteiger charge is -2.07. The highest BCUT2D eigenvalue weighted by Crippen LogP contribution is 2.31. The van der Waals surface area contributed by atoms with Crippen LogP contribution in [-0.2, 0) is 0 Å². The zero-order chi connectivity index (χ0) is 19.5. The highest BCUT2D eigenvalue weighted by atomic mass is 16.4. The minimum atomic E-state index is -1.63. The molecule has 0 fully saturated rings. The molecule has 1 aromatic heterocycles. The fourth-order valence-corrected chi connectivity index (χ4v) is 2.75. The van der Waals surface area contributed by atoms with E-state index in [9.17, 15) is 10.0 Å². The zero-order valence-corrected chi connectivity index (χ0v) is 11.5. The van der Waals surface area contributed by atoms with Gasteiger partial charge in [-0.05, 0) is 29.7 Å². The molecular formula is C18H14BNO2. The van der Waals surface area contributed by atoms with Crippen LogP contribution >= 0.6 is 0 Å². The van der Waals surface area contributed by atoms with E-state index in [0.717, 1.165) is 5.39 Å². The summed E-state index contributed by atoms with van der Waals surface area (Å²) in [6.45, 7) is 0. The first-order valence-corrected chi connectivity index (χ1v) is 6.79. The molecule has 0 bridgehead atoms. The molecule has 0 saturated carbocycles. The van der Waals surface area contributed by atoms with Gasteiger partial charge >= 0.3 is 7.12 Å². The van der Waals surface area contributed by atoms with Gasteiger partial charge in [-0.1, -0.05) is 48.5 Å². The fraction of sp³-hybridized carbons (Fsp3) is 0. The van der Waals surface area contributed by atoms with Crippen molar-refractivity contribution >= 4 is 34.4 Å². The first kappa shape index (κ1) is 8.78. The molecular weight excluding hydrogens is 273 g/mol. The fourth-order valence-electron chi connectivity index (χ4n) is 2.75. The highest BCUT2D eigenvalue weighted by Gasteiger charge is 2.16. The smallest absolute Gasteiger partial charge is 0.423 e. The summed E-state index contributed by atoms with van der Waals surface area (Å²) in [6, 6.07) is 10.3. The molecule has 0 spiro atoms. The minimum Gasteiger partial charge on any atom is -0.423 e. The molecule has 0 unspecified atom stereocenters. The Labute approximate surface area is 135 Å². The van der Waals surface area contributed by atoms with E-state index in [1.807, 2.05) is 12.1 Å². The maximum atomic E-state index is 9.49. The second kappa shape index (κ2) is 5.02. The lowest BCUT2D eigenvalue weighted by Crippen LogP contribution is -2.29. The molecule has 22 heavy (non-hydrogen) atoms. The van der Waals surface area contributed by atoms with E-state index in [1.165, 1.54) is 6.07 Å². The van der Waals surface area contributed by atoms with Gasteiger partial charge in [0.15, 0.2) is 0 Å². The standard InChI is InChI=1S/C18H14BNO2/c21-19(22)13-10-11-18-16(12-13)15-8-4-5-9-17(15)20(18)14-6-2-1-3-7-14/h1-12,21-22H/i1D,2D,3D,6D,7D. The topological polar surface area (TPSA) is 45.4 Å². The van der Waals surface area contributed by atoms with Gasteiger partial charge in [-0.3, -0.25) is 0 Å². The molecule has 0 aliphatic rings. The SMILES string of the molecule is [2H]c1c([2H])c([2H])c(-n2c3ccccc3c3cc(B(O)O)ccc32)c([2H])c1[2H]. The third-order valence-electron chi connectivity index (χ3n) is 3.71. The molecule has 4 heteroatoms. The van der Waals surface area contributed by atoms with Crippen molar-refractivity contribution in [1.82, 2.24) is 4.57 Å². The van der Waals surface area contributed by atoms with Crippen molar-refractivity contribution in [3.05, 3.63) is 72.7 Å². The normalized spacial score (nSPS) is 14.4. The van der Waals surface area contributed by atoms with Crippen molar-refractivity contribution in [2.45, 2.75) is 0 Å². The van der Waals surface area contributed by atoms with E-state index in [2.05, 4.69) is 0 Å². The van der Waals surface area contributed by atoms with Crippen molar-refractivity contribution in [2.24, 2.45) is 0 Å². The largest absolute Gasteiger partial charge is 0.488 e. The molecule has 2 N–H and O–H groups in total. The van der Waals surface area contributed by atoms with Crippen molar-refractivity contribution in [1.29, 1.82) is 0 Å². The van der Waals surface area contributed by atoms with Crippen LogP contribution in [0.5, 0.6) is 0 Å². The predicted molar refractivity (Wildman–Crippen MR) is 90.6 cm³/mol. The van der Waals surface area contributed by atoms with E-state index in [0.29, 0.717) is 21.9 Å². The zero-order valence-electron chi connectivity index (χ0n) is 16.5. The summed E-state index contributed by atoms with van der Waals surface area (Å²) in [5, 5.41) is 20.5. The van der Waals surface area contributed by atoms with Crippen molar-refractivity contribution in [2.75, 3.05) is 0 Å². The lowest BCUT2D eigenvalue weighted by molar-refractivity contribution is 0.426. The number of nitrogens with zero attached hydrogens (tertiary/aromatic N) is 1. The molecule has 0 aliphatic heterocycles. The van der Waals surface area contributed by atoms with E-state index >= 15 is 0 Å². The molecule has 0 saturated heterocycles. The average Bonchev–Trinajstić information content (AvgIpc) is 2.99. The third-order valence-corrected chi connectivity index (χ3v) is 3.71. The van der Waals surface area contributed by atoms with Crippen LogP contribution in [0.2, 0.25) is 0 Å². The molecule has 4 aromatic rings. The van der Waals surface area contributed by atoms with E-state index in [4.69, 9.17) is 6.85 Å². The Kier molecular flexibility index (Phi) is 2.00. The molecule has 0 atom stereocenters. The Hall–Kier alpha value is -2.56. The molecule has 0 aliphatic carbocycles. The predicted octanol–water partition coefficient (Wildman–Crippen LogP) is 2.46. The third kappa shape index (κ3) is 1.93. The van der Waals surface area contributed by atoms with Gasteiger partial charge in [-0.25, -0.2) is 0 Å². The van der Waals surface area contributed by atoms with E-state index in [1.54, 1.807) is 28.8 Å². The van der Waals surface area contributed by atoms with Gasteiger partial charge in [0.05, 0.1) is 17.9 Å². The van der Waals surface area contributed by atoms with Crippen LogP contribution in [0, 0.1) is 0 Å². The second-order valence-electron chi connectivity index (χ2n) is 4.98. The van der Waals surface area contributed by atoms with Crippen LogP contribution < -0.4 is 5.46 Å². The number of hydrogen-bond acceptors (Lipinski definition) is 2. The van der Waals surface area contributed by atoms with Crippen LogP contribution in [0.25, 0.3) is 27.5 Å². The summed E-state index contributed by atoms with van der Waals surface area (Å²) >= 11 is 0. The maximum Gasteiger partial charge on any atom is 0.488 e. The van der Waals surface area contributed by atoms with E-state index < -0.39 is 25.2 Å². The highest BCUT2D eigenvalue weighted by molar-refractivity contribution is 6.59. The monoisotopic (exact) mass is 292 g/mol. The molecule has 3 aromatic carbocycles. The second-order valence-corrected chi connectivity index (χ2v) is 4.98. The summed E-state index contributed by atoms with van der Waals surface area (Å²) in [7, 11) is -1.63. The van der Waals surface area contributed by atoms with Crippen LogP contribution in [0.1, 0.15) is 6.85 Å². The number of para-hydroxylation sites is 2. The Bertz CT molecular complexity index is 1190. The molecule has 1 heterocycles. The van der Waals surface area contributed by atoms with Crippen LogP contribution in [-0.4, -0.2) is 21.7 Å². The summed E-state index contributed by atoms with van der Waals surface area (Å²) in [5.74, 6) is 0. The van der Waals surface area contributed by atoms with Gasteiger partial charge in [0.1, 0.15) is 0 Å². The Morgan fingerprint density at radius 1 is 0.864 bits per heavy atom. The van der Waals surface area contributed by atoms with Gasteiger partial charge in [-0.2, -0.15) is 0 Å². The number of aromatic nitrogens is 1. The number of rotatable bonds is 2. The van der Waals surface area contributed by atoms with Gasteiger partial charge in [0.2, 0.25) is 0 Å². The van der Waals surface area contributed by atoms with Gasteiger partial charge < -0.3 is 14.6 Å². The molecule has 0 amide bonds. The quantitative estimate of drug-likeness (QED) is 0.557. The molecule has 3 nitrogen and oxygen atoms in total. The summed E-state index contributed by atoms with van der Waals surface area (Å²) < 4.78 is 41.9. The van der Waals surface area contributed by atoms with Crippen molar-refractivity contribution in [3.63, 3.8) is 0 Å².